The van der Waals surface area contributed by atoms with Crippen molar-refractivity contribution < 1.29 is 9.53 Å². The van der Waals surface area contributed by atoms with E-state index >= 15 is 0 Å². The van der Waals surface area contributed by atoms with Crippen LogP contribution in [0.2, 0.25) is 0 Å². The first-order valence-electron chi connectivity index (χ1n) is 8.68. The molecule has 0 fully saturated rings. The van der Waals surface area contributed by atoms with Crippen molar-refractivity contribution in [2.24, 2.45) is 0 Å². The van der Waals surface area contributed by atoms with Crippen molar-refractivity contribution in [3.63, 3.8) is 0 Å². The lowest BCUT2D eigenvalue weighted by atomic mass is 10.1. The molecule has 0 bridgehead atoms. The van der Waals surface area contributed by atoms with Gasteiger partial charge >= 0.3 is 0 Å². The number of aromatic nitrogens is 3. The van der Waals surface area contributed by atoms with E-state index in [0.717, 1.165) is 11.3 Å². The molecule has 3 rings (SSSR count). The molecule has 27 heavy (non-hydrogen) atoms. The number of pyridine rings is 1. The molecular weight excluding hydrogens is 344 g/mol. The fourth-order valence-electron chi connectivity index (χ4n) is 2.51. The monoisotopic (exact) mass is 364 g/mol. The van der Waals surface area contributed by atoms with Crippen LogP contribution in [0.15, 0.2) is 65.6 Å². The Morgan fingerprint density at radius 2 is 1.93 bits per heavy atom. The molecule has 0 saturated carbocycles. The summed E-state index contributed by atoms with van der Waals surface area (Å²) in [5.41, 5.74) is 1.66. The fraction of sp³-hybridized carbons (Fsp3) is 0.200. The Labute approximate surface area is 156 Å². The van der Waals surface area contributed by atoms with Gasteiger partial charge in [-0.05, 0) is 49.4 Å². The van der Waals surface area contributed by atoms with E-state index in [0.29, 0.717) is 18.0 Å². The SMILES string of the molecule is CCOc1ccc(-c2ccc(=O)n(CCNC(=O)c3ccccn3)n2)cc1. The van der Waals surface area contributed by atoms with Crippen LogP contribution in [0.25, 0.3) is 11.3 Å². The van der Waals surface area contributed by atoms with Crippen LogP contribution in [0.3, 0.4) is 0 Å². The minimum atomic E-state index is -0.286. The van der Waals surface area contributed by atoms with E-state index in [-0.39, 0.29) is 24.6 Å². The standard InChI is InChI=1S/C20H20N4O3/c1-2-27-16-8-6-15(7-9-16)17-10-11-19(25)24(23-17)14-13-22-20(26)18-5-3-4-12-21-18/h3-12H,2,13-14H2,1H3,(H,22,26). The molecular formula is C20H20N4O3. The third-order valence-corrected chi connectivity index (χ3v) is 3.83. The van der Waals surface area contributed by atoms with Crippen LogP contribution in [-0.2, 0) is 6.54 Å². The predicted octanol–water partition coefficient (Wildman–Crippen LogP) is 2.13. The second kappa shape index (κ2) is 8.75. The average Bonchev–Trinajstić information content (AvgIpc) is 2.71. The number of ether oxygens (including phenoxy) is 1. The molecule has 0 radical (unpaired) electrons. The van der Waals surface area contributed by atoms with Crippen LogP contribution in [0, 0.1) is 0 Å². The molecule has 1 aromatic carbocycles. The molecule has 0 aliphatic heterocycles. The van der Waals surface area contributed by atoms with Gasteiger partial charge in [-0.15, -0.1) is 0 Å². The molecule has 0 aliphatic rings. The quantitative estimate of drug-likeness (QED) is 0.694. The van der Waals surface area contributed by atoms with Crippen LogP contribution in [0.4, 0.5) is 0 Å². The zero-order valence-corrected chi connectivity index (χ0v) is 15.0. The van der Waals surface area contributed by atoms with Gasteiger partial charge in [-0.2, -0.15) is 5.10 Å². The van der Waals surface area contributed by atoms with E-state index < -0.39 is 0 Å². The van der Waals surface area contributed by atoms with Crippen LogP contribution in [0.5, 0.6) is 5.75 Å². The van der Waals surface area contributed by atoms with Crippen molar-refractivity contribution in [3.8, 4) is 17.0 Å². The minimum absolute atomic E-state index is 0.225. The Morgan fingerprint density at radius 3 is 2.63 bits per heavy atom. The van der Waals surface area contributed by atoms with Crippen molar-refractivity contribution in [2.75, 3.05) is 13.2 Å². The number of hydrogen-bond acceptors (Lipinski definition) is 5. The van der Waals surface area contributed by atoms with Crippen LogP contribution < -0.4 is 15.6 Å². The van der Waals surface area contributed by atoms with Gasteiger partial charge in [0, 0.05) is 24.4 Å². The fourth-order valence-corrected chi connectivity index (χ4v) is 2.51. The second-order valence-electron chi connectivity index (χ2n) is 5.71. The Hall–Kier alpha value is -3.48. The molecule has 2 heterocycles. The lowest BCUT2D eigenvalue weighted by Crippen LogP contribution is -2.32. The highest BCUT2D eigenvalue weighted by Crippen LogP contribution is 2.19. The summed E-state index contributed by atoms with van der Waals surface area (Å²) in [6, 6.07) is 15.8. The molecule has 2 aromatic heterocycles. The van der Waals surface area contributed by atoms with E-state index in [2.05, 4.69) is 15.4 Å². The van der Waals surface area contributed by atoms with Gasteiger partial charge < -0.3 is 10.1 Å². The summed E-state index contributed by atoms with van der Waals surface area (Å²) in [5, 5.41) is 7.12. The second-order valence-corrected chi connectivity index (χ2v) is 5.71. The summed E-state index contributed by atoms with van der Waals surface area (Å²) in [5.74, 6) is 0.498. The average molecular weight is 364 g/mol. The molecule has 1 N–H and O–H groups in total. The Morgan fingerprint density at radius 1 is 1.11 bits per heavy atom. The van der Waals surface area contributed by atoms with Crippen LogP contribution in [-0.4, -0.2) is 33.8 Å². The van der Waals surface area contributed by atoms with Gasteiger partial charge in [0.15, 0.2) is 0 Å². The molecule has 0 unspecified atom stereocenters. The summed E-state index contributed by atoms with van der Waals surface area (Å²) in [4.78, 5) is 28.0. The molecule has 7 heteroatoms. The van der Waals surface area contributed by atoms with Gasteiger partial charge in [-0.25, -0.2) is 4.68 Å². The Kier molecular flexibility index (Phi) is 5.94. The highest BCUT2D eigenvalue weighted by molar-refractivity contribution is 5.92. The smallest absolute Gasteiger partial charge is 0.269 e. The van der Waals surface area contributed by atoms with Crippen molar-refractivity contribution in [1.82, 2.24) is 20.1 Å². The third kappa shape index (κ3) is 4.78. The van der Waals surface area contributed by atoms with E-state index in [1.807, 2.05) is 31.2 Å². The zero-order chi connectivity index (χ0) is 19.1. The van der Waals surface area contributed by atoms with E-state index in [1.54, 1.807) is 30.5 Å². The van der Waals surface area contributed by atoms with Gasteiger partial charge in [-0.1, -0.05) is 6.07 Å². The predicted molar refractivity (Wildman–Crippen MR) is 102 cm³/mol. The number of rotatable bonds is 7. The normalized spacial score (nSPS) is 10.4. The summed E-state index contributed by atoms with van der Waals surface area (Å²) in [7, 11) is 0. The number of benzene rings is 1. The van der Waals surface area contributed by atoms with Crippen LogP contribution in [0.1, 0.15) is 17.4 Å². The third-order valence-electron chi connectivity index (χ3n) is 3.83. The molecule has 0 aliphatic carbocycles. The maximum Gasteiger partial charge on any atom is 0.269 e. The van der Waals surface area contributed by atoms with Gasteiger partial charge in [-0.3, -0.25) is 14.6 Å². The molecule has 7 nitrogen and oxygen atoms in total. The van der Waals surface area contributed by atoms with E-state index in [9.17, 15) is 9.59 Å². The summed E-state index contributed by atoms with van der Waals surface area (Å²) in [6.07, 6.45) is 1.56. The van der Waals surface area contributed by atoms with Crippen molar-refractivity contribution in [2.45, 2.75) is 13.5 Å². The molecule has 138 valence electrons. The highest BCUT2D eigenvalue weighted by Gasteiger charge is 2.07. The zero-order valence-electron chi connectivity index (χ0n) is 15.0. The summed E-state index contributed by atoms with van der Waals surface area (Å²) in [6.45, 7) is 3.07. The first-order valence-corrected chi connectivity index (χ1v) is 8.68. The summed E-state index contributed by atoms with van der Waals surface area (Å²) >= 11 is 0. The first-order chi connectivity index (χ1) is 13.2. The van der Waals surface area contributed by atoms with Gasteiger partial charge in [0.1, 0.15) is 11.4 Å². The first kappa shape index (κ1) is 18.3. The van der Waals surface area contributed by atoms with E-state index in [4.69, 9.17) is 4.74 Å². The van der Waals surface area contributed by atoms with Crippen molar-refractivity contribution in [3.05, 3.63) is 76.8 Å². The number of amides is 1. The number of carbonyl (C=O) groups is 1. The maximum atomic E-state index is 12.0. The molecule has 0 atom stereocenters. The lowest BCUT2D eigenvalue weighted by molar-refractivity contribution is 0.0947. The maximum absolute atomic E-state index is 12.0. The van der Waals surface area contributed by atoms with Gasteiger partial charge in [0.2, 0.25) is 0 Å². The minimum Gasteiger partial charge on any atom is -0.494 e. The largest absolute Gasteiger partial charge is 0.494 e. The number of hydrogen-bond donors (Lipinski definition) is 1. The Bertz CT molecular complexity index is 953. The molecule has 0 saturated heterocycles. The lowest BCUT2D eigenvalue weighted by Gasteiger charge is -2.09. The topological polar surface area (TPSA) is 86.1 Å². The van der Waals surface area contributed by atoms with E-state index in [1.165, 1.54) is 10.7 Å². The Balaban J connectivity index is 1.66. The number of nitrogens with one attached hydrogen (secondary N) is 1. The van der Waals surface area contributed by atoms with Crippen molar-refractivity contribution >= 4 is 5.91 Å². The molecule has 0 spiro atoms. The number of carbonyl (C=O) groups excluding carboxylic acids is 1. The van der Waals surface area contributed by atoms with Gasteiger partial charge in [0.05, 0.1) is 18.8 Å². The van der Waals surface area contributed by atoms with Crippen molar-refractivity contribution in [1.29, 1.82) is 0 Å². The van der Waals surface area contributed by atoms with Crippen LogP contribution >= 0.6 is 0 Å². The molecule has 1 amide bonds. The number of nitrogens with zero attached hydrogens (tertiary/aromatic N) is 3. The molecule has 3 aromatic rings. The van der Waals surface area contributed by atoms with Gasteiger partial charge in [0.25, 0.3) is 11.5 Å². The summed E-state index contributed by atoms with van der Waals surface area (Å²) < 4.78 is 6.77. The highest BCUT2D eigenvalue weighted by atomic mass is 16.5.